The van der Waals surface area contributed by atoms with Crippen molar-refractivity contribution in [1.29, 1.82) is 0 Å². The van der Waals surface area contributed by atoms with Crippen molar-refractivity contribution in [3.8, 4) is 11.4 Å². The van der Waals surface area contributed by atoms with Crippen LogP contribution in [0.4, 0.5) is 0 Å². The molecule has 1 heterocycles. The number of benzene rings is 2. The third-order valence-electron chi connectivity index (χ3n) is 4.42. The molecule has 1 aliphatic carbocycles. The van der Waals surface area contributed by atoms with Gasteiger partial charge in [-0.25, -0.2) is 4.68 Å². The van der Waals surface area contributed by atoms with Gasteiger partial charge in [0.25, 0.3) is 0 Å². The average molecular weight is 304 g/mol. The monoisotopic (exact) mass is 304 g/mol. The van der Waals surface area contributed by atoms with Gasteiger partial charge in [0.05, 0.1) is 23.1 Å². The van der Waals surface area contributed by atoms with Gasteiger partial charge in [-0.1, -0.05) is 36.4 Å². The number of ketones is 1. The molecule has 4 nitrogen and oxygen atoms in total. The number of rotatable bonds is 2. The maximum Gasteiger partial charge on any atom is 0.166 e. The van der Waals surface area contributed by atoms with Crippen LogP contribution in [-0.2, 0) is 6.42 Å². The van der Waals surface area contributed by atoms with Crippen LogP contribution in [0.25, 0.3) is 5.69 Å². The Hall–Kier alpha value is -2.88. The second-order valence-electron chi connectivity index (χ2n) is 5.84. The van der Waals surface area contributed by atoms with Crippen molar-refractivity contribution >= 4 is 5.78 Å². The number of aromatic hydroxyl groups is 1. The highest BCUT2D eigenvalue weighted by Crippen LogP contribution is 2.37. The molecule has 0 saturated heterocycles. The molecule has 0 fully saturated rings. The number of nitrogens with zero attached hydrogens (tertiary/aromatic N) is 2. The van der Waals surface area contributed by atoms with Gasteiger partial charge in [-0.15, -0.1) is 0 Å². The second-order valence-corrected chi connectivity index (χ2v) is 5.84. The molecule has 1 atom stereocenters. The first-order valence-corrected chi connectivity index (χ1v) is 7.67. The third-order valence-corrected chi connectivity index (χ3v) is 4.42. The summed E-state index contributed by atoms with van der Waals surface area (Å²) in [6.45, 7) is 0. The lowest BCUT2D eigenvalue weighted by Gasteiger charge is -2.23. The lowest BCUT2D eigenvalue weighted by atomic mass is 9.82. The number of hydrogen-bond donors (Lipinski definition) is 1. The normalized spacial score (nSPS) is 17.0. The van der Waals surface area contributed by atoms with Crippen molar-refractivity contribution in [3.63, 3.8) is 0 Å². The summed E-state index contributed by atoms with van der Waals surface area (Å²) in [5.41, 5.74) is 3.38. The maximum absolute atomic E-state index is 12.5. The Labute approximate surface area is 134 Å². The summed E-state index contributed by atoms with van der Waals surface area (Å²) >= 11 is 0. The lowest BCUT2D eigenvalue weighted by Crippen LogP contribution is -2.20. The maximum atomic E-state index is 12.5. The molecule has 4 heteroatoms. The van der Waals surface area contributed by atoms with E-state index in [2.05, 4.69) is 5.10 Å². The van der Waals surface area contributed by atoms with Crippen LogP contribution in [0, 0.1) is 0 Å². The molecule has 2 aromatic carbocycles. The minimum Gasteiger partial charge on any atom is -0.508 e. The van der Waals surface area contributed by atoms with Gasteiger partial charge in [0.2, 0.25) is 0 Å². The first-order chi connectivity index (χ1) is 11.2. The highest BCUT2D eigenvalue weighted by atomic mass is 16.3. The molecule has 1 aliphatic rings. The van der Waals surface area contributed by atoms with Gasteiger partial charge < -0.3 is 5.11 Å². The van der Waals surface area contributed by atoms with Crippen LogP contribution in [0.1, 0.15) is 34.0 Å². The Morgan fingerprint density at radius 1 is 1.00 bits per heavy atom. The van der Waals surface area contributed by atoms with Gasteiger partial charge in [-0.3, -0.25) is 4.79 Å². The largest absolute Gasteiger partial charge is 0.508 e. The zero-order valence-electron chi connectivity index (χ0n) is 12.5. The predicted molar refractivity (Wildman–Crippen MR) is 87.1 cm³/mol. The van der Waals surface area contributed by atoms with E-state index in [1.807, 2.05) is 47.1 Å². The molecule has 0 unspecified atom stereocenters. The Kier molecular flexibility index (Phi) is 3.23. The Bertz CT molecular complexity index is 868. The standard InChI is InChI=1S/C19H16N2O2/c22-18-9-5-4-8-15(18)13-10-17-16(19(23)11-13)12-20-21(17)14-6-2-1-3-7-14/h1-9,12-13,22H,10-11H2/t13-/m1/s1. The predicted octanol–water partition coefficient (Wildman–Crippen LogP) is 3.49. The molecule has 0 aliphatic heterocycles. The van der Waals surface area contributed by atoms with Gasteiger partial charge in [0.15, 0.2) is 5.78 Å². The molecular weight excluding hydrogens is 288 g/mol. The SMILES string of the molecule is O=C1C[C@H](c2ccccc2O)Cc2c1cnn2-c1ccccc1. The topological polar surface area (TPSA) is 55.1 Å². The van der Waals surface area contributed by atoms with Crippen molar-refractivity contribution in [2.24, 2.45) is 0 Å². The summed E-state index contributed by atoms with van der Waals surface area (Å²) in [5.74, 6) is 0.316. The van der Waals surface area contributed by atoms with Crippen LogP contribution >= 0.6 is 0 Å². The van der Waals surface area contributed by atoms with E-state index in [9.17, 15) is 9.90 Å². The van der Waals surface area contributed by atoms with E-state index in [1.165, 1.54) is 0 Å². The van der Waals surface area contributed by atoms with E-state index in [-0.39, 0.29) is 17.5 Å². The van der Waals surface area contributed by atoms with Crippen LogP contribution in [0.15, 0.2) is 60.8 Å². The molecule has 0 bridgehead atoms. The quantitative estimate of drug-likeness (QED) is 0.788. The molecular formula is C19H16N2O2. The number of Topliss-reactive ketones (excluding diaryl/α,β-unsaturated/α-hetero) is 1. The van der Waals surface area contributed by atoms with Gasteiger partial charge in [0.1, 0.15) is 5.75 Å². The average Bonchev–Trinajstić information content (AvgIpc) is 3.00. The number of fused-ring (bicyclic) bond motifs is 1. The van der Waals surface area contributed by atoms with Crippen LogP contribution in [0.3, 0.4) is 0 Å². The Morgan fingerprint density at radius 3 is 2.52 bits per heavy atom. The van der Waals surface area contributed by atoms with E-state index < -0.39 is 0 Å². The molecule has 1 N–H and O–H groups in total. The molecule has 1 aromatic heterocycles. The lowest BCUT2D eigenvalue weighted by molar-refractivity contribution is 0.0963. The van der Waals surface area contributed by atoms with E-state index in [4.69, 9.17) is 0 Å². The summed E-state index contributed by atoms with van der Waals surface area (Å²) < 4.78 is 1.83. The first kappa shape index (κ1) is 13.8. The number of para-hydroxylation sites is 2. The summed E-state index contributed by atoms with van der Waals surface area (Å²) in [6.07, 6.45) is 2.75. The number of carbonyl (C=O) groups excluding carboxylic acids is 1. The number of phenols is 1. The second kappa shape index (κ2) is 5.39. The van der Waals surface area contributed by atoms with E-state index in [0.29, 0.717) is 18.4 Å². The molecule has 0 amide bonds. The summed E-state index contributed by atoms with van der Waals surface area (Å²) in [6, 6.07) is 17.1. The minimum absolute atomic E-state index is 0.0182. The summed E-state index contributed by atoms with van der Waals surface area (Å²) in [5, 5.41) is 14.5. The van der Waals surface area contributed by atoms with Gasteiger partial charge in [-0.2, -0.15) is 5.10 Å². The zero-order chi connectivity index (χ0) is 15.8. The van der Waals surface area contributed by atoms with Crippen molar-refractivity contribution in [3.05, 3.63) is 77.6 Å². The molecule has 23 heavy (non-hydrogen) atoms. The van der Waals surface area contributed by atoms with Crippen LogP contribution in [0.2, 0.25) is 0 Å². The number of aromatic nitrogens is 2. The van der Waals surface area contributed by atoms with Crippen LogP contribution < -0.4 is 0 Å². The minimum atomic E-state index is -0.0182. The Morgan fingerprint density at radius 2 is 1.74 bits per heavy atom. The van der Waals surface area contributed by atoms with E-state index in [0.717, 1.165) is 16.9 Å². The molecule has 0 saturated carbocycles. The fourth-order valence-corrected chi connectivity index (χ4v) is 3.29. The van der Waals surface area contributed by atoms with Crippen molar-refractivity contribution < 1.29 is 9.90 Å². The van der Waals surface area contributed by atoms with Gasteiger partial charge in [0, 0.05) is 12.3 Å². The van der Waals surface area contributed by atoms with Crippen molar-refractivity contribution in [2.75, 3.05) is 0 Å². The summed E-state index contributed by atoms with van der Waals surface area (Å²) in [7, 11) is 0. The zero-order valence-corrected chi connectivity index (χ0v) is 12.5. The van der Waals surface area contributed by atoms with Crippen LogP contribution in [0.5, 0.6) is 5.75 Å². The van der Waals surface area contributed by atoms with Crippen molar-refractivity contribution in [1.82, 2.24) is 9.78 Å². The fraction of sp³-hybridized carbons (Fsp3) is 0.158. The Balaban J connectivity index is 1.78. The van der Waals surface area contributed by atoms with E-state index >= 15 is 0 Å². The van der Waals surface area contributed by atoms with Gasteiger partial charge >= 0.3 is 0 Å². The molecule has 0 spiro atoms. The number of hydrogen-bond acceptors (Lipinski definition) is 3. The molecule has 0 radical (unpaired) electrons. The van der Waals surface area contributed by atoms with Crippen LogP contribution in [-0.4, -0.2) is 20.7 Å². The first-order valence-electron chi connectivity index (χ1n) is 7.67. The highest BCUT2D eigenvalue weighted by Gasteiger charge is 2.31. The number of carbonyl (C=O) groups is 1. The molecule has 3 aromatic rings. The fourth-order valence-electron chi connectivity index (χ4n) is 3.29. The molecule has 4 rings (SSSR count). The highest BCUT2D eigenvalue weighted by molar-refractivity contribution is 5.98. The third kappa shape index (κ3) is 2.32. The van der Waals surface area contributed by atoms with E-state index in [1.54, 1.807) is 18.3 Å². The smallest absolute Gasteiger partial charge is 0.166 e. The summed E-state index contributed by atoms with van der Waals surface area (Å²) in [4.78, 5) is 12.5. The number of phenolic OH excluding ortho intramolecular Hbond substituents is 1. The van der Waals surface area contributed by atoms with Gasteiger partial charge in [-0.05, 0) is 30.2 Å². The van der Waals surface area contributed by atoms with Crippen molar-refractivity contribution in [2.45, 2.75) is 18.8 Å². The molecule has 114 valence electrons.